The molecule has 0 bridgehead atoms. The van der Waals surface area contributed by atoms with Gasteiger partial charge in [0.15, 0.2) is 0 Å². The van der Waals surface area contributed by atoms with Crippen LogP contribution >= 0.6 is 0 Å². The van der Waals surface area contributed by atoms with Crippen molar-refractivity contribution in [2.45, 2.75) is 45.4 Å². The van der Waals surface area contributed by atoms with E-state index in [9.17, 15) is 4.79 Å². The Kier molecular flexibility index (Phi) is 5.24. The second-order valence-corrected chi connectivity index (χ2v) is 5.60. The minimum absolute atomic E-state index is 0.0652. The summed E-state index contributed by atoms with van der Waals surface area (Å²) >= 11 is 0. The van der Waals surface area contributed by atoms with Gasteiger partial charge in [0.1, 0.15) is 5.75 Å². The van der Waals surface area contributed by atoms with Gasteiger partial charge in [-0.25, -0.2) is 0 Å². The highest BCUT2D eigenvalue weighted by atomic mass is 16.5. The van der Waals surface area contributed by atoms with Gasteiger partial charge in [0.2, 0.25) is 0 Å². The number of carbonyl (C=O) groups is 1. The fraction of sp³-hybridized carbons (Fsp3) is 0.500. The summed E-state index contributed by atoms with van der Waals surface area (Å²) < 4.78 is 5.44. The predicted molar refractivity (Wildman–Crippen MR) is 80.4 cm³/mol. The van der Waals surface area contributed by atoms with Gasteiger partial charge >= 0.3 is 5.97 Å². The number of hydrogen-bond donors (Lipinski definition) is 0. The maximum atomic E-state index is 12.1. The quantitative estimate of drug-likeness (QED) is 0.466. The Labute approximate surface area is 121 Å². The van der Waals surface area contributed by atoms with Crippen LogP contribution in [0.15, 0.2) is 24.3 Å². The Morgan fingerprint density at radius 3 is 2.45 bits per heavy atom. The van der Waals surface area contributed by atoms with Gasteiger partial charge in [-0.1, -0.05) is 25.7 Å². The minimum atomic E-state index is -0.0894. The van der Waals surface area contributed by atoms with Gasteiger partial charge < -0.3 is 4.74 Å². The lowest BCUT2D eigenvalue weighted by atomic mass is 9.80. The molecule has 1 aromatic rings. The van der Waals surface area contributed by atoms with E-state index in [2.05, 4.69) is 12.8 Å². The minimum Gasteiger partial charge on any atom is -0.426 e. The fourth-order valence-electron chi connectivity index (χ4n) is 2.91. The number of esters is 1. The van der Waals surface area contributed by atoms with Gasteiger partial charge in [-0.15, -0.1) is 6.42 Å². The molecular weight excluding hydrogens is 248 g/mol. The standard InChI is InChI=1S/C18H22O2/c1-3-5-15-6-10-16(11-7-15)18(19)20-17-12-8-14(4-2)9-13-17/h2,8-9,12-13,15-16H,3,5-7,10-11H2,1H3/t15-,16-. The maximum Gasteiger partial charge on any atom is 0.314 e. The van der Waals surface area contributed by atoms with Crippen LogP contribution in [0, 0.1) is 24.2 Å². The third kappa shape index (κ3) is 3.87. The number of hydrogen-bond acceptors (Lipinski definition) is 2. The average Bonchev–Trinajstić information content (AvgIpc) is 2.49. The fourth-order valence-corrected chi connectivity index (χ4v) is 2.91. The zero-order valence-electron chi connectivity index (χ0n) is 12.1. The average molecular weight is 270 g/mol. The molecule has 0 atom stereocenters. The van der Waals surface area contributed by atoms with E-state index >= 15 is 0 Å². The molecule has 0 aliphatic heterocycles. The van der Waals surface area contributed by atoms with E-state index in [1.54, 1.807) is 24.3 Å². The van der Waals surface area contributed by atoms with Crippen molar-refractivity contribution in [2.24, 2.45) is 11.8 Å². The van der Waals surface area contributed by atoms with Gasteiger partial charge in [-0.2, -0.15) is 0 Å². The molecule has 106 valence electrons. The van der Waals surface area contributed by atoms with Gasteiger partial charge in [-0.3, -0.25) is 4.79 Å². The van der Waals surface area contributed by atoms with Crippen molar-refractivity contribution in [2.75, 3.05) is 0 Å². The summed E-state index contributed by atoms with van der Waals surface area (Å²) in [5.74, 6) is 3.92. The third-order valence-electron chi connectivity index (χ3n) is 4.12. The Morgan fingerprint density at radius 1 is 1.25 bits per heavy atom. The zero-order chi connectivity index (χ0) is 14.4. The van der Waals surface area contributed by atoms with Crippen molar-refractivity contribution in [3.05, 3.63) is 29.8 Å². The molecule has 1 aliphatic carbocycles. The van der Waals surface area contributed by atoms with Crippen LogP contribution in [-0.2, 0) is 4.79 Å². The SMILES string of the molecule is C#Cc1ccc(OC(=O)[C@H]2CC[C@H](CCC)CC2)cc1. The largest absolute Gasteiger partial charge is 0.426 e. The lowest BCUT2D eigenvalue weighted by Gasteiger charge is -2.26. The monoisotopic (exact) mass is 270 g/mol. The van der Waals surface area contributed by atoms with Crippen LogP contribution in [0.3, 0.4) is 0 Å². The summed E-state index contributed by atoms with van der Waals surface area (Å²) in [4.78, 5) is 12.1. The highest BCUT2D eigenvalue weighted by Gasteiger charge is 2.27. The lowest BCUT2D eigenvalue weighted by Crippen LogP contribution is -2.25. The third-order valence-corrected chi connectivity index (χ3v) is 4.12. The van der Waals surface area contributed by atoms with Crippen molar-refractivity contribution in [1.82, 2.24) is 0 Å². The molecule has 0 unspecified atom stereocenters. The zero-order valence-corrected chi connectivity index (χ0v) is 12.1. The van der Waals surface area contributed by atoms with Crippen molar-refractivity contribution < 1.29 is 9.53 Å². The van der Waals surface area contributed by atoms with Crippen LogP contribution in [0.2, 0.25) is 0 Å². The molecule has 0 heterocycles. The Bertz CT molecular complexity index is 473. The summed E-state index contributed by atoms with van der Waals surface area (Å²) in [6, 6.07) is 7.10. The summed E-state index contributed by atoms with van der Waals surface area (Å²) in [6.45, 7) is 2.22. The van der Waals surface area contributed by atoms with E-state index < -0.39 is 0 Å². The van der Waals surface area contributed by atoms with Gasteiger partial charge in [0.05, 0.1) is 5.92 Å². The molecule has 1 aromatic carbocycles. The Balaban J connectivity index is 1.84. The summed E-state index contributed by atoms with van der Waals surface area (Å²) in [5.41, 5.74) is 0.796. The molecule has 0 saturated heterocycles. The van der Waals surface area contributed by atoms with Gasteiger partial charge in [-0.05, 0) is 55.9 Å². The van der Waals surface area contributed by atoms with E-state index in [0.717, 1.165) is 37.2 Å². The molecule has 1 fully saturated rings. The molecule has 1 aliphatic rings. The molecule has 0 N–H and O–H groups in total. The van der Waals surface area contributed by atoms with Crippen molar-refractivity contribution in [3.8, 4) is 18.1 Å². The molecular formula is C18H22O2. The summed E-state index contributed by atoms with van der Waals surface area (Å²) in [7, 11) is 0. The van der Waals surface area contributed by atoms with Crippen LogP contribution in [0.1, 0.15) is 51.0 Å². The lowest BCUT2D eigenvalue weighted by molar-refractivity contribution is -0.140. The van der Waals surface area contributed by atoms with E-state index in [1.165, 1.54) is 12.8 Å². The molecule has 0 spiro atoms. The van der Waals surface area contributed by atoms with Crippen LogP contribution < -0.4 is 4.74 Å². The molecule has 0 amide bonds. The Morgan fingerprint density at radius 2 is 1.90 bits per heavy atom. The first kappa shape index (κ1) is 14.7. The molecule has 0 radical (unpaired) electrons. The van der Waals surface area contributed by atoms with Crippen LogP contribution in [0.4, 0.5) is 0 Å². The first-order valence-corrected chi connectivity index (χ1v) is 7.51. The highest BCUT2D eigenvalue weighted by Crippen LogP contribution is 2.32. The van der Waals surface area contributed by atoms with Gasteiger partial charge in [0, 0.05) is 5.56 Å². The number of terminal acetylenes is 1. The van der Waals surface area contributed by atoms with Gasteiger partial charge in [0.25, 0.3) is 0 Å². The summed E-state index contributed by atoms with van der Waals surface area (Å²) in [5, 5.41) is 0. The molecule has 2 rings (SSSR count). The number of carbonyl (C=O) groups excluding carboxylic acids is 1. The normalized spacial score (nSPS) is 22.0. The first-order chi connectivity index (χ1) is 9.72. The molecule has 2 heteroatoms. The van der Waals surface area contributed by atoms with Crippen LogP contribution in [0.25, 0.3) is 0 Å². The van der Waals surface area contributed by atoms with E-state index in [4.69, 9.17) is 11.2 Å². The smallest absolute Gasteiger partial charge is 0.314 e. The highest BCUT2D eigenvalue weighted by molar-refractivity contribution is 5.75. The van der Waals surface area contributed by atoms with E-state index in [0.29, 0.717) is 5.75 Å². The molecule has 0 aromatic heterocycles. The summed E-state index contributed by atoms with van der Waals surface area (Å²) in [6.07, 6.45) is 12.1. The van der Waals surface area contributed by atoms with E-state index in [1.807, 2.05) is 0 Å². The number of rotatable bonds is 4. The van der Waals surface area contributed by atoms with Crippen molar-refractivity contribution in [3.63, 3.8) is 0 Å². The molecule has 1 saturated carbocycles. The Hall–Kier alpha value is -1.75. The second-order valence-electron chi connectivity index (χ2n) is 5.60. The first-order valence-electron chi connectivity index (χ1n) is 7.51. The number of benzene rings is 1. The molecule has 2 nitrogen and oxygen atoms in total. The molecule has 20 heavy (non-hydrogen) atoms. The predicted octanol–water partition coefficient (Wildman–Crippen LogP) is 4.18. The second kappa shape index (κ2) is 7.14. The van der Waals surface area contributed by atoms with Crippen molar-refractivity contribution >= 4 is 5.97 Å². The topological polar surface area (TPSA) is 26.3 Å². The van der Waals surface area contributed by atoms with Crippen LogP contribution in [-0.4, -0.2) is 5.97 Å². The number of ether oxygens (including phenoxy) is 1. The van der Waals surface area contributed by atoms with Crippen molar-refractivity contribution in [1.29, 1.82) is 0 Å². The maximum absolute atomic E-state index is 12.1. The van der Waals surface area contributed by atoms with Crippen LogP contribution in [0.5, 0.6) is 5.75 Å². The van der Waals surface area contributed by atoms with E-state index in [-0.39, 0.29) is 11.9 Å².